The lowest BCUT2D eigenvalue weighted by Crippen LogP contribution is -2.09. The van der Waals surface area contributed by atoms with Crippen LogP contribution in [0, 0.1) is 17.1 Å². The third kappa shape index (κ3) is 2.75. The first-order valence-electron chi connectivity index (χ1n) is 10.2. The number of imidazole rings is 1. The number of benzene rings is 1. The lowest BCUT2D eigenvalue weighted by atomic mass is 10.0. The first-order valence-corrected chi connectivity index (χ1v) is 10.2. The van der Waals surface area contributed by atoms with Crippen molar-refractivity contribution in [3.63, 3.8) is 0 Å². The van der Waals surface area contributed by atoms with E-state index in [4.69, 9.17) is 4.74 Å². The van der Waals surface area contributed by atoms with Gasteiger partial charge < -0.3 is 10.1 Å². The van der Waals surface area contributed by atoms with Gasteiger partial charge in [0.1, 0.15) is 17.6 Å². The van der Waals surface area contributed by atoms with Gasteiger partial charge >= 0.3 is 0 Å². The van der Waals surface area contributed by atoms with E-state index >= 15 is 0 Å². The highest BCUT2D eigenvalue weighted by Gasteiger charge is 2.23. The number of anilines is 1. The van der Waals surface area contributed by atoms with Crippen LogP contribution in [0.2, 0.25) is 0 Å². The molecule has 0 spiro atoms. The number of halogens is 1. The second-order valence-electron chi connectivity index (χ2n) is 7.71. The maximum absolute atomic E-state index is 14.5. The van der Waals surface area contributed by atoms with Crippen molar-refractivity contribution in [2.45, 2.75) is 32.4 Å². The SMILES string of the molecule is N#Cc1cn2c(NCc3c(F)ccc4c3CCO4)ncc(-c3cnn4c3CCC4)c2n1. The first kappa shape index (κ1) is 17.9. The van der Waals surface area contributed by atoms with Crippen molar-refractivity contribution >= 4 is 11.6 Å². The number of aromatic nitrogens is 5. The van der Waals surface area contributed by atoms with Gasteiger partial charge in [-0.05, 0) is 25.0 Å². The Morgan fingerprint density at radius 1 is 1.23 bits per heavy atom. The molecule has 1 N–H and O–H groups in total. The summed E-state index contributed by atoms with van der Waals surface area (Å²) in [5.74, 6) is 0.951. The largest absolute Gasteiger partial charge is 0.493 e. The van der Waals surface area contributed by atoms with Crippen LogP contribution in [0.4, 0.5) is 10.3 Å². The van der Waals surface area contributed by atoms with Gasteiger partial charge in [0.2, 0.25) is 5.95 Å². The number of ether oxygens (including phenoxy) is 1. The van der Waals surface area contributed by atoms with Gasteiger partial charge in [-0.1, -0.05) is 0 Å². The minimum atomic E-state index is -0.275. The van der Waals surface area contributed by atoms with Crippen molar-refractivity contribution < 1.29 is 9.13 Å². The average Bonchev–Trinajstić information content (AvgIpc) is 3.56. The molecular weight excluding hydrogens is 397 g/mol. The molecule has 0 unspecified atom stereocenters. The second-order valence-corrected chi connectivity index (χ2v) is 7.71. The molecule has 0 bridgehead atoms. The number of rotatable bonds is 4. The number of aryl methyl sites for hydroxylation is 1. The molecule has 6 rings (SSSR count). The van der Waals surface area contributed by atoms with Crippen molar-refractivity contribution in [1.29, 1.82) is 5.26 Å². The molecule has 3 aromatic heterocycles. The van der Waals surface area contributed by atoms with Gasteiger partial charge in [0, 0.05) is 53.7 Å². The number of hydrogen-bond acceptors (Lipinski definition) is 6. The molecule has 0 fully saturated rings. The van der Waals surface area contributed by atoms with Gasteiger partial charge in [0.25, 0.3) is 0 Å². The molecule has 9 heteroatoms. The molecule has 0 atom stereocenters. The molecule has 2 aliphatic heterocycles. The van der Waals surface area contributed by atoms with Crippen LogP contribution in [0.25, 0.3) is 16.8 Å². The van der Waals surface area contributed by atoms with E-state index in [0.29, 0.717) is 35.9 Å². The molecule has 0 saturated carbocycles. The van der Waals surface area contributed by atoms with Crippen LogP contribution in [0.3, 0.4) is 0 Å². The fourth-order valence-electron chi connectivity index (χ4n) is 4.51. The zero-order valence-corrected chi connectivity index (χ0v) is 16.6. The molecule has 5 heterocycles. The predicted molar refractivity (Wildman–Crippen MR) is 110 cm³/mol. The topological polar surface area (TPSA) is 93.1 Å². The average molecular weight is 415 g/mol. The van der Waals surface area contributed by atoms with Crippen molar-refractivity contribution in [2.24, 2.45) is 0 Å². The fourth-order valence-corrected chi connectivity index (χ4v) is 4.51. The van der Waals surface area contributed by atoms with Crippen LogP contribution in [-0.2, 0) is 25.9 Å². The standard InChI is InChI=1S/C22H18FN7O/c23-18-3-4-20-14(5-7-31-20)15(18)9-25-22-26-10-17(21-28-13(8-24)12-29(21)22)16-11-27-30-6-1-2-19(16)30/h3-4,10-12H,1-2,5-7,9H2,(H,25,26). The molecule has 2 aliphatic rings. The molecule has 0 saturated heterocycles. The van der Waals surface area contributed by atoms with E-state index in [9.17, 15) is 9.65 Å². The van der Waals surface area contributed by atoms with Gasteiger partial charge in [-0.25, -0.2) is 14.4 Å². The van der Waals surface area contributed by atoms with Crippen LogP contribution in [0.15, 0.2) is 30.7 Å². The maximum atomic E-state index is 14.5. The third-order valence-corrected chi connectivity index (χ3v) is 5.99. The number of hydrogen-bond donors (Lipinski definition) is 1. The summed E-state index contributed by atoms with van der Waals surface area (Å²) in [6.45, 7) is 1.72. The quantitative estimate of drug-likeness (QED) is 0.551. The normalized spacial score (nSPS) is 14.3. The predicted octanol–water partition coefficient (Wildman–Crippen LogP) is 3.10. The molecule has 0 radical (unpaired) electrons. The van der Waals surface area contributed by atoms with Gasteiger partial charge in [0.05, 0.1) is 19.0 Å². The Balaban J connectivity index is 1.41. The Morgan fingerprint density at radius 3 is 3.06 bits per heavy atom. The molecule has 4 aromatic rings. The van der Waals surface area contributed by atoms with E-state index in [0.717, 1.165) is 47.5 Å². The van der Waals surface area contributed by atoms with Crippen molar-refractivity contribution in [2.75, 3.05) is 11.9 Å². The number of fused-ring (bicyclic) bond motifs is 3. The van der Waals surface area contributed by atoms with Crippen LogP contribution in [0.5, 0.6) is 5.75 Å². The van der Waals surface area contributed by atoms with Gasteiger partial charge in [-0.3, -0.25) is 9.08 Å². The summed E-state index contributed by atoms with van der Waals surface area (Å²) >= 11 is 0. The van der Waals surface area contributed by atoms with E-state index < -0.39 is 0 Å². The molecule has 0 aliphatic carbocycles. The van der Waals surface area contributed by atoms with Crippen LogP contribution < -0.4 is 10.1 Å². The summed E-state index contributed by atoms with van der Waals surface area (Å²) < 4.78 is 23.8. The number of nitrogens with zero attached hydrogens (tertiary/aromatic N) is 6. The Morgan fingerprint density at radius 2 is 2.16 bits per heavy atom. The highest BCUT2D eigenvalue weighted by Crippen LogP contribution is 2.33. The van der Waals surface area contributed by atoms with Gasteiger partial charge in [-0.2, -0.15) is 10.4 Å². The lowest BCUT2D eigenvalue weighted by molar-refractivity contribution is 0.356. The van der Waals surface area contributed by atoms with Crippen LogP contribution >= 0.6 is 0 Å². The van der Waals surface area contributed by atoms with Crippen molar-refractivity contribution in [1.82, 2.24) is 24.1 Å². The summed E-state index contributed by atoms with van der Waals surface area (Å²) in [5, 5.41) is 17.1. The summed E-state index contributed by atoms with van der Waals surface area (Å²) in [4.78, 5) is 9.08. The fraction of sp³-hybridized carbons (Fsp3) is 0.273. The Kier molecular flexibility index (Phi) is 3.93. The van der Waals surface area contributed by atoms with E-state index in [-0.39, 0.29) is 12.4 Å². The second kappa shape index (κ2) is 6.80. The Labute approximate surface area is 176 Å². The van der Waals surface area contributed by atoms with Gasteiger partial charge in [0.15, 0.2) is 11.3 Å². The highest BCUT2D eigenvalue weighted by atomic mass is 19.1. The van der Waals surface area contributed by atoms with E-state index in [1.807, 2.05) is 10.9 Å². The smallest absolute Gasteiger partial charge is 0.208 e. The first-order chi connectivity index (χ1) is 15.2. The number of nitriles is 1. The van der Waals surface area contributed by atoms with Crippen LogP contribution in [0.1, 0.15) is 28.9 Å². The zero-order valence-electron chi connectivity index (χ0n) is 16.6. The summed E-state index contributed by atoms with van der Waals surface area (Å²) in [6, 6.07) is 5.20. The monoisotopic (exact) mass is 415 g/mol. The summed E-state index contributed by atoms with van der Waals surface area (Å²) in [5.41, 5.74) is 5.35. The van der Waals surface area contributed by atoms with Crippen LogP contribution in [-0.4, -0.2) is 30.8 Å². The number of nitrogens with one attached hydrogen (secondary N) is 1. The minimum absolute atomic E-state index is 0.253. The molecule has 8 nitrogen and oxygen atoms in total. The molecular formula is C22H18FN7O. The zero-order chi connectivity index (χ0) is 20.9. The van der Waals surface area contributed by atoms with Crippen molar-refractivity contribution in [3.05, 3.63) is 59.1 Å². The summed E-state index contributed by atoms with van der Waals surface area (Å²) in [7, 11) is 0. The lowest BCUT2D eigenvalue weighted by Gasteiger charge is -2.13. The maximum Gasteiger partial charge on any atom is 0.208 e. The van der Waals surface area contributed by atoms with Crippen molar-refractivity contribution in [3.8, 4) is 22.9 Å². The Hall–Kier alpha value is -3.93. The summed E-state index contributed by atoms with van der Waals surface area (Å²) in [6.07, 6.45) is 7.93. The molecule has 154 valence electrons. The minimum Gasteiger partial charge on any atom is -0.493 e. The van der Waals surface area contributed by atoms with E-state index in [1.54, 1.807) is 22.9 Å². The highest BCUT2D eigenvalue weighted by molar-refractivity contribution is 5.79. The molecule has 0 amide bonds. The van der Waals surface area contributed by atoms with E-state index in [2.05, 4.69) is 26.5 Å². The molecule has 31 heavy (non-hydrogen) atoms. The Bertz CT molecular complexity index is 1380. The third-order valence-electron chi connectivity index (χ3n) is 5.99. The molecule has 1 aromatic carbocycles. The van der Waals surface area contributed by atoms with E-state index in [1.165, 1.54) is 6.07 Å². The van der Waals surface area contributed by atoms with Gasteiger partial charge in [-0.15, -0.1) is 0 Å².